The van der Waals surface area contributed by atoms with Crippen molar-refractivity contribution < 1.29 is 9.47 Å². The lowest BCUT2D eigenvalue weighted by molar-refractivity contribution is 0.0960. The number of likely N-dealkylation sites (tertiary alicyclic amines) is 1. The van der Waals surface area contributed by atoms with Gasteiger partial charge in [0.2, 0.25) is 0 Å². The zero-order chi connectivity index (χ0) is 16.2. The molecular weight excluding hydrogens is 276 g/mol. The highest BCUT2D eigenvalue weighted by molar-refractivity contribution is 5.38. The molecule has 1 N–H and O–H groups in total. The summed E-state index contributed by atoms with van der Waals surface area (Å²) in [4.78, 5) is 2.57. The van der Waals surface area contributed by atoms with Crippen LogP contribution in [0.3, 0.4) is 0 Å². The number of rotatable bonds is 5. The molecule has 0 amide bonds. The number of benzene rings is 1. The largest absolute Gasteiger partial charge is 0.497 e. The molecule has 1 aliphatic heterocycles. The lowest BCUT2D eigenvalue weighted by Crippen LogP contribution is -2.49. The van der Waals surface area contributed by atoms with Crippen molar-refractivity contribution in [1.82, 2.24) is 10.2 Å². The molecule has 22 heavy (non-hydrogen) atoms. The monoisotopic (exact) mass is 306 g/mol. The van der Waals surface area contributed by atoms with Gasteiger partial charge in [-0.15, -0.1) is 0 Å². The minimum Gasteiger partial charge on any atom is -0.497 e. The topological polar surface area (TPSA) is 33.7 Å². The number of hydrogen-bond donors (Lipinski definition) is 1. The Bertz CT molecular complexity index is 452. The Morgan fingerprint density at radius 3 is 2.05 bits per heavy atom. The van der Waals surface area contributed by atoms with Crippen LogP contribution in [0, 0.1) is 0 Å². The highest BCUT2D eigenvalue weighted by Crippen LogP contribution is 2.23. The maximum Gasteiger partial charge on any atom is 0.122 e. The van der Waals surface area contributed by atoms with Crippen molar-refractivity contribution in [2.75, 3.05) is 27.3 Å². The minimum absolute atomic E-state index is 0.283. The first-order valence-electron chi connectivity index (χ1n) is 8.13. The van der Waals surface area contributed by atoms with Gasteiger partial charge >= 0.3 is 0 Å². The SMILES string of the molecule is COc1cc(CNC2CCN(C(C)(C)C)CC2)cc(OC)c1. The fourth-order valence-corrected chi connectivity index (χ4v) is 2.99. The highest BCUT2D eigenvalue weighted by Gasteiger charge is 2.26. The molecule has 1 fully saturated rings. The smallest absolute Gasteiger partial charge is 0.122 e. The number of nitrogens with one attached hydrogen (secondary N) is 1. The van der Waals surface area contributed by atoms with Crippen molar-refractivity contribution >= 4 is 0 Å². The Labute approximate surface area is 134 Å². The molecule has 0 aliphatic carbocycles. The van der Waals surface area contributed by atoms with Crippen molar-refractivity contribution in [3.05, 3.63) is 23.8 Å². The number of hydrogen-bond acceptors (Lipinski definition) is 4. The summed E-state index contributed by atoms with van der Waals surface area (Å²) in [5.74, 6) is 1.69. The van der Waals surface area contributed by atoms with Crippen LogP contribution >= 0.6 is 0 Å². The van der Waals surface area contributed by atoms with E-state index in [1.54, 1.807) is 14.2 Å². The molecule has 2 rings (SSSR count). The van der Waals surface area contributed by atoms with Gasteiger partial charge in [-0.25, -0.2) is 0 Å². The zero-order valence-electron chi connectivity index (χ0n) is 14.6. The van der Waals surface area contributed by atoms with Crippen LogP contribution in [0.25, 0.3) is 0 Å². The maximum absolute atomic E-state index is 5.33. The minimum atomic E-state index is 0.283. The summed E-state index contributed by atoms with van der Waals surface area (Å²) >= 11 is 0. The predicted octanol–water partition coefficient (Wildman–Crippen LogP) is 3.06. The van der Waals surface area contributed by atoms with Crippen LogP contribution in [-0.4, -0.2) is 43.8 Å². The Kier molecular flexibility index (Phi) is 5.70. The summed E-state index contributed by atoms with van der Waals surface area (Å²) in [6, 6.07) is 6.64. The van der Waals surface area contributed by atoms with Gasteiger partial charge in [0.25, 0.3) is 0 Å². The molecule has 1 aliphatic rings. The molecule has 0 aromatic heterocycles. The third kappa shape index (κ3) is 4.62. The first kappa shape index (κ1) is 17.1. The third-order valence-corrected chi connectivity index (χ3v) is 4.45. The van der Waals surface area contributed by atoms with E-state index >= 15 is 0 Å². The molecule has 4 heteroatoms. The molecule has 0 bridgehead atoms. The van der Waals surface area contributed by atoms with Crippen LogP contribution in [0.2, 0.25) is 0 Å². The summed E-state index contributed by atoms with van der Waals surface area (Å²) in [6.07, 6.45) is 2.41. The van der Waals surface area contributed by atoms with E-state index < -0.39 is 0 Å². The van der Waals surface area contributed by atoms with Crippen LogP contribution in [0.4, 0.5) is 0 Å². The molecule has 1 aromatic rings. The van der Waals surface area contributed by atoms with Crippen LogP contribution in [0.15, 0.2) is 18.2 Å². The zero-order valence-corrected chi connectivity index (χ0v) is 14.6. The van der Waals surface area contributed by atoms with Crippen molar-refractivity contribution in [3.8, 4) is 11.5 Å². The lowest BCUT2D eigenvalue weighted by atomic mass is 9.98. The average Bonchev–Trinajstić information content (AvgIpc) is 2.52. The van der Waals surface area contributed by atoms with Gasteiger partial charge in [0, 0.05) is 37.3 Å². The molecule has 0 radical (unpaired) electrons. The molecular formula is C18H30N2O2. The summed E-state index contributed by atoms with van der Waals surface area (Å²) in [6.45, 7) is 10.1. The van der Waals surface area contributed by atoms with Gasteiger partial charge in [-0.3, -0.25) is 4.90 Å². The Morgan fingerprint density at radius 1 is 1.05 bits per heavy atom. The molecule has 4 nitrogen and oxygen atoms in total. The molecule has 124 valence electrons. The normalized spacial score (nSPS) is 17.5. The summed E-state index contributed by atoms with van der Waals surface area (Å²) in [7, 11) is 3.38. The standard InChI is InChI=1S/C18H30N2O2/c1-18(2,3)20-8-6-15(7-9-20)19-13-14-10-16(21-4)12-17(11-14)22-5/h10-12,15,19H,6-9,13H2,1-5H3. The van der Waals surface area contributed by atoms with E-state index in [0.29, 0.717) is 6.04 Å². The number of nitrogens with zero attached hydrogens (tertiary/aromatic N) is 1. The van der Waals surface area contributed by atoms with Crippen molar-refractivity contribution in [2.45, 2.75) is 51.7 Å². The second-order valence-electron chi connectivity index (χ2n) is 7.03. The van der Waals surface area contributed by atoms with E-state index in [9.17, 15) is 0 Å². The van der Waals surface area contributed by atoms with E-state index in [4.69, 9.17) is 9.47 Å². The van der Waals surface area contributed by atoms with Crippen molar-refractivity contribution in [2.24, 2.45) is 0 Å². The first-order chi connectivity index (χ1) is 10.4. The van der Waals surface area contributed by atoms with E-state index in [1.165, 1.54) is 31.5 Å². The molecule has 1 aromatic carbocycles. The molecule has 0 spiro atoms. The van der Waals surface area contributed by atoms with Crippen LogP contribution in [-0.2, 0) is 6.54 Å². The highest BCUT2D eigenvalue weighted by atomic mass is 16.5. The van der Waals surface area contributed by atoms with Crippen LogP contribution in [0.1, 0.15) is 39.2 Å². The van der Waals surface area contributed by atoms with Gasteiger partial charge in [0.15, 0.2) is 0 Å². The quantitative estimate of drug-likeness (QED) is 0.906. The second kappa shape index (κ2) is 7.34. The fraction of sp³-hybridized carbons (Fsp3) is 0.667. The van der Waals surface area contributed by atoms with E-state index in [-0.39, 0.29) is 5.54 Å². The Morgan fingerprint density at radius 2 is 1.59 bits per heavy atom. The van der Waals surface area contributed by atoms with Gasteiger partial charge in [0.05, 0.1) is 14.2 Å². The van der Waals surface area contributed by atoms with Gasteiger partial charge in [0.1, 0.15) is 11.5 Å². The van der Waals surface area contributed by atoms with Gasteiger partial charge in [-0.05, 0) is 51.3 Å². The summed E-state index contributed by atoms with van der Waals surface area (Å²) in [5, 5.41) is 3.67. The molecule has 1 heterocycles. The Hall–Kier alpha value is -1.26. The average molecular weight is 306 g/mol. The van der Waals surface area contributed by atoms with Crippen LogP contribution in [0.5, 0.6) is 11.5 Å². The first-order valence-corrected chi connectivity index (χ1v) is 8.13. The van der Waals surface area contributed by atoms with Crippen molar-refractivity contribution in [1.29, 1.82) is 0 Å². The van der Waals surface area contributed by atoms with Gasteiger partial charge < -0.3 is 14.8 Å². The summed E-state index contributed by atoms with van der Waals surface area (Å²) in [5.41, 5.74) is 1.49. The van der Waals surface area contributed by atoms with E-state index in [1.807, 2.05) is 6.07 Å². The lowest BCUT2D eigenvalue weighted by Gasteiger charge is -2.41. The second-order valence-corrected chi connectivity index (χ2v) is 7.03. The van der Waals surface area contributed by atoms with Gasteiger partial charge in [-0.2, -0.15) is 0 Å². The number of piperidine rings is 1. The maximum atomic E-state index is 5.33. The van der Waals surface area contributed by atoms with E-state index in [2.05, 4.69) is 43.1 Å². The predicted molar refractivity (Wildman–Crippen MR) is 90.7 cm³/mol. The number of ether oxygens (including phenoxy) is 2. The molecule has 0 saturated carbocycles. The fourth-order valence-electron chi connectivity index (χ4n) is 2.99. The summed E-state index contributed by atoms with van der Waals surface area (Å²) < 4.78 is 10.7. The van der Waals surface area contributed by atoms with E-state index in [0.717, 1.165) is 18.0 Å². The van der Waals surface area contributed by atoms with Crippen molar-refractivity contribution in [3.63, 3.8) is 0 Å². The number of methoxy groups -OCH3 is 2. The van der Waals surface area contributed by atoms with Crippen LogP contribution < -0.4 is 14.8 Å². The molecule has 0 unspecified atom stereocenters. The van der Waals surface area contributed by atoms with Gasteiger partial charge in [-0.1, -0.05) is 0 Å². The Balaban J connectivity index is 1.86. The third-order valence-electron chi connectivity index (χ3n) is 4.45. The molecule has 1 saturated heterocycles. The molecule has 0 atom stereocenters.